The number of anilines is 2. The lowest BCUT2D eigenvalue weighted by atomic mass is 10.2. The number of rotatable bonds is 5. The molecular formula is C13H12F2N4O2. The topological polar surface area (TPSA) is 93.2 Å². The number of hydrazine groups is 1. The van der Waals surface area contributed by atoms with Gasteiger partial charge in [0, 0.05) is 24.4 Å². The summed E-state index contributed by atoms with van der Waals surface area (Å²) >= 11 is 0. The third-order valence-electron chi connectivity index (χ3n) is 2.78. The van der Waals surface area contributed by atoms with Crippen LogP contribution >= 0.6 is 0 Å². The molecule has 0 bridgehead atoms. The molecule has 0 atom stereocenters. The second-order valence-corrected chi connectivity index (χ2v) is 4.27. The molecule has 0 amide bonds. The smallest absolute Gasteiger partial charge is 0.273 e. The van der Waals surface area contributed by atoms with Gasteiger partial charge in [-0.2, -0.15) is 0 Å². The summed E-state index contributed by atoms with van der Waals surface area (Å²) in [6, 6.07) is 7.66. The average Bonchev–Trinajstić information content (AvgIpc) is 2.48. The molecule has 0 spiro atoms. The first-order valence-corrected chi connectivity index (χ1v) is 5.93. The molecule has 0 saturated heterocycles. The fourth-order valence-electron chi connectivity index (χ4n) is 1.76. The van der Waals surface area contributed by atoms with E-state index in [9.17, 15) is 18.9 Å². The molecule has 0 aliphatic carbocycles. The molecule has 2 rings (SSSR count). The van der Waals surface area contributed by atoms with E-state index in [1.807, 2.05) is 0 Å². The number of benzene rings is 2. The molecule has 6 nitrogen and oxygen atoms in total. The Kier molecular flexibility index (Phi) is 4.29. The van der Waals surface area contributed by atoms with Crippen LogP contribution in [0.4, 0.5) is 25.8 Å². The van der Waals surface area contributed by atoms with Crippen LogP contribution in [0, 0.1) is 21.7 Å². The van der Waals surface area contributed by atoms with Crippen LogP contribution in [0.25, 0.3) is 0 Å². The summed E-state index contributed by atoms with van der Waals surface area (Å²) in [5, 5.41) is 13.7. The van der Waals surface area contributed by atoms with Crippen LogP contribution in [0.1, 0.15) is 5.56 Å². The molecule has 0 heterocycles. The van der Waals surface area contributed by atoms with Gasteiger partial charge in [0.05, 0.1) is 10.6 Å². The Labute approximate surface area is 118 Å². The van der Waals surface area contributed by atoms with E-state index in [0.717, 1.165) is 12.1 Å². The lowest BCUT2D eigenvalue weighted by molar-refractivity contribution is -0.384. The molecular weight excluding hydrogens is 282 g/mol. The summed E-state index contributed by atoms with van der Waals surface area (Å²) in [5.41, 5.74) is 3.48. The van der Waals surface area contributed by atoms with Crippen molar-refractivity contribution in [3.05, 3.63) is 63.7 Å². The van der Waals surface area contributed by atoms with Crippen LogP contribution in [0.5, 0.6) is 0 Å². The number of nitrogens with one attached hydrogen (secondary N) is 2. The van der Waals surface area contributed by atoms with Gasteiger partial charge in [0.15, 0.2) is 11.6 Å². The summed E-state index contributed by atoms with van der Waals surface area (Å²) in [6.45, 7) is 0.183. The van der Waals surface area contributed by atoms with Crippen molar-refractivity contribution in [2.24, 2.45) is 5.84 Å². The Morgan fingerprint density at radius 3 is 2.43 bits per heavy atom. The van der Waals surface area contributed by atoms with E-state index in [1.54, 1.807) is 6.07 Å². The van der Waals surface area contributed by atoms with Crippen LogP contribution in [-0.2, 0) is 6.54 Å². The highest BCUT2D eigenvalue weighted by molar-refractivity contribution is 5.63. The number of nitrogen functional groups attached to an aromatic ring is 1. The average molecular weight is 294 g/mol. The monoisotopic (exact) mass is 294 g/mol. The van der Waals surface area contributed by atoms with Crippen molar-refractivity contribution in [2.45, 2.75) is 6.54 Å². The highest BCUT2D eigenvalue weighted by Gasteiger charge is 2.09. The van der Waals surface area contributed by atoms with Gasteiger partial charge < -0.3 is 10.7 Å². The molecule has 0 radical (unpaired) electrons. The number of hydrogen-bond donors (Lipinski definition) is 3. The summed E-state index contributed by atoms with van der Waals surface area (Å²) in [7, 11) is 0. The van der Waals surface area contributed by atoms with E-state index >= 15 is 0 Å². The molecule has 2 aromatic carbocycles. The van der Waals surface area contributed by atoms with Crippen molar-refractivity contribution < 1.29 is 13.7 Å². The van der Waals surface area contributed by atoms with E-state index in [1.165, 1.54) is 18.2 Å². The third kappa shape index (κ3) is 3.63. The molecule has 8 heteroatoms. The number of nitrogens with zero attached hydrogens (tertiary/aromatic N) is 1. The number of halogens is 2. The molecule has 110 valence electrons. The normalized spacial score (nSPS) is 10.2. The zero-order chi connectivity index (χ0) is 15.4. The minimum Gasteiger partial charge on any atom is -0.381 e. The SMILES string of the molecule is NNc1cc(NCc2ccc(F)c(F)c2)cc([N+](=O)[O-])c1. The first kappa shape index (κ1) is 14.7. The molecule has 0 fully saturated rings. The predicted octanol–water partition coefficient (Wildman–Crippen LogP) is 2.77. The molecule has 21 heavy (non-hydrogen) atoms. The van der Waals surface area contributed by atoms with Gasteiger partial charge in [0.1, 0.15) is 0 Å². The Morgan fingerprint density at radius 1 is 1.10 bits per heavy atom. The second kappa shape index (κ2) is 6.14. The number of nitro groups is 1. The lowest BCUT2D eigenvalue weighted by Crippen LogP contribution is -2.08. The minimum absolute atomic E-state index is 0.141. The van der Waals surface area contributed by atoms with Gasteiger partial charge in [-0.1, -0.05) is 6.07 Å². The Hall–Kier alpha value is -2.74. The Bertz CT molecular complexity index is 679. The van der Waals surface area contributed by atoms with E-state index in [2.05, 4.69) is 10.7 Å². The van der Waals surface area contributed by atoms with Gasteiger partial charge in [-0.15, -0.1) is 0 Å². The highest BCUT2D eigenvalue weighted by atomic mass is 19.2. The zero-order valence-electron chi connectivity index (χ0n) is 10.8. The van der Waals surface area contributed by atoms with Crippen molar-refractivity contribution in [3.63, 3.8) is 0 Å². The standard InChI is InChI=1S/C13H12F2N4O2/c14-12-2-1-8(3-13(12)15)7-17-9-4-10(18-16)6-11(5-9)19(20)21/h1-6,17-18H,7,16H2. The molecule has 0 aliphatic heterocycles. The van der Waals surface area contributed by atoms with Gasteiger partial charge in [-0.25, -0.2) is 8.78 Å². The molecule has 2 aromatic rings. The summed E-state index contributed by atoms with van der Waals surface area (Å²) in [6.07, 6.45) is 0. The van der Waals surface area contributed by atoms with Gasteiger partial charge >= 0.3 is 0 Å². The van der Waals surface area contributed by atoms with Crippen molar-refractivity contribution >= 4 is 17.1 Å². The van der Waals surface area contributed by atoms with Crippen LogP contribution in [0.15, 0.2) is 36.4 Å². The molecule has 0 aliphatic rings. The quantitative estimate of drug-likeness (QED) is 0.448. The van der Waals surface area contributed by atoms with Crippen LogP contribution in [0.2, 0.25) is 0 Å². The maximum atomic E-state index is 13.1. The summed E-state index contributed by atoms with van der Waals surface area (Å²) < 4.78 is 25.9. The second-order valence-electron chi connectivity index (χ2n) is 4.27. The van der Waals surface area contributed by atoms with Crippen molar-refractivity contribution in [2.75, 3.05) is 10.7 Å². The first-order chi connectivity index (χ1) is 9.99. The lowest BCUT2D eigenvalue weighted by Gasteiger charge is -2.09. The molecule has 0 saturated carbocycles. The fourth-order valence-corrected chi connectivity index (χ4v) is 1.76. The van der Waals surface area contributed by atoms with Crippen LogP contribution < -0.4 is 16.6 Å². The highest BCUT2D eigenvalue weighted by Crippen LogP contribution is 2.24. The van der Waals surface area contributed by atoms with Crippen molar-refractivity contribution in [1.82, 2.24) is 0 Å². The van der Waals surface area contributed by atoms with E-state index in [-0.39, 0.29) is 12.2 Å². The zero-order valence-corrected chi connectivity index (χ0v) is 10.8. The van der Waals surface area contributed by atoms with E-state index in [0.29, 0.717) is 16.9 Å². The number of non-ortho nitro benzene ring substituents is 1. The molecule has 0 aromatic heterocycles. The number of nitrogens with two attached hydrogens (primary N) is 1. The van der Waals surface area contributed by atoms with Gasteiger partial charge in [-0.05, 0) is 23.8 Å². The number of hydrogen-bond acceptors (Lipinski definition) is 5. The fraction of sp³-hybridized carbons (Fsp3) is 0.0769. The van der Waals surface area contributed by atoms with Gasteiger partial charge in [0.25, 0.3) is 5.69 Å². The largest absolute Gasteiger partial charge is 0.381 e. The number of nitro benzene ring substituents is 1. The van der Waals surface area contributed by atoms with Gasteiger partial charge in [0.2, 0.25) is 0 Å². The predicted molar refractivity (Wildman–Crippen MR) is 74.6 cm³/mol. The maximum absolute atomic E-state index is 13.1. The van der Waals surface area contributed by atoms with Crippen molar-refractivity contribution in [3.8, 4) is 0 Å². The molecule has 0 unspecified atom stereocenters. The Morgan fingerprint density at radius 2 is 1.81 bits per heavy atom. The molecule has 4 N–H and O–H groups in total. The maximum Gasteiger partial charge on any atom is 0.273 e. The van der Waals surface area contributed by atoms with E-state index < -0.39 is 16.6 Å². The summed E-state index contributed by atoms with van der Waals surface area (Å²) in [5.74, 6) is 3.37. The Balaban J connectivity index is 2.17. The van der Waals surface area contributed by atoms with Crippen LogP contribution in [-0.4, -0.2) is 4.92 Å². The minimum atomic E-state index is -0.947. The van der Waals surface area contributed by atoms with Gasteiger partial charge in [-0.3, -0.25) is 16.0 Å². The summed E-state index contributed by atoms with van der Waals surface area (Å²) in [4.78, 5) is 10.2. The first-order valence-electron chi connectivity index (χ1n) is 5.93. The van der Waals surface area contributed by atoms with Crippen molar-refractivity contribution in [1.29, 1.82) is 0 Å². The van der Waals surface area contributed by atoms with Crippen LogP contribution in [0.3, 0.4) is 0 Å². The third-order valence-corrected chi connectivity index (χ3v) is 2.78. The van der Waals surface area contributed by atoms with E-state index in [4.69, 9.17) is 5.84 Å².